The Balaban J connectivity index is 1.28. The molecule has 4 fully saturated rings. The molecule has 0 spiro atoms. The van der Waals surface area contributed by atoms with Crippen LogP contribution in [-0.2, 0) is 52.3 Å². The number of nitrogens with one attached hydrogen (secondary N) is 3. The molecule has 5 aliphatic rings. The lowest BCUT2D eigenvalue weighted by Gasteiger charge is -2.46. The minimum Gasteiger partial charge on any atom is -0.492 e. The lowest BCUT2D eigenvalue weighted by atomic mass is 9.76. The van der Waals surface area contributed by atoms with Gasteiger partial charge >= 0.3 is 6.09 Å². The molecule has 90 heavy (non-hydrogen) atoms. The van der Waals surface area contributed by atoms with E-state index in [1.165, 1.54) is 51.2 Å². The van der Waals surface area contributed by atoms with E-state index in [0.717, 1.165) is 25.3 Å². The summed E-state index contributed by atoms with van der Waals surface area (Å²) in [5.41, 5.74) is 7.55. The number of thioether (sulfide) groups is 1. The molecule has 0 radical (unpaired) electrons. The molecule has 1 amide bonds. The third kappa shape index (κ3) is 18.8. The number of alkyl carbamates (subject to hydrolysis) is 1. The predicted octanol–water partition coefficient (Wildman–Crippen LogP) is 4.07. The van der Waals surface area contributed by atoms with E-state index >= 15 is 0 Å². The van der Waals surface area contributed by atoms with E-state index in [0.29, 0.717) is 28.0 Å². The third-order valence-electron chi connectivity index (χ3n) is 15.8. The van der Waals surface area contributed by atoms with Crippen LogP contribution in [-0.4, -0.2) is 224 Å². The number of Topliss-reactive ketones (excluding diaryl/α,β-unsaturated/α-hetero) is 1. The van der Waals surface area contributed by atoms with Crippen LogP contribution in [0.1, 0.15) is 97.0 Å². The quantitative estimate of drug-likeness (QED) is 0.0219. The highest BCUT2D eigenvalue weighted by atomic mass is 127. The first-order valence-corrected chi connectivity index (χ1v) is 33.8. The number of aliphatic hydroxyl groups excluding tert-OH is 4. The monoisotopic (exact) mass is 1440 g/mol. The van der Waals surface area contributed by atoms with E-state index in [9.17, 15) is 39.9 Å². The third-order valence-corrected chi connectivity index (χ3v) is 21.6. The van der Waals surface area contributed by atoms with Crippen molar-refractivity contribution in [3.05, 3.63) is 49.8 Å². The van der Waals surface area contributed by atoms with E-state index in [2.05, 4.69) is 53.6 Å². The first-order valence-electron chi connectivity index (χ1n) is 29.5. The van der Waals surface area contributed by atoms with Crippen LogP contribution in [0.4, 0.5) is 4.79 Å². The average Bonchev–Trinajstić information content (AvgIpc) is 0.796. The lowest BCUT2D eigenvalue weighted by Crippen LogP contribution is -2.65. The van der Waals surface area contributed by atoms with Crippen molar-refractivity contribution in [2.75, 3.05) is 61.0 Å². The number of likely N-dealkylation sites (N-methyl/N-ethyl adjacent to an activating group) is 1. The number of amides is 1. The van der Waals surface area contributed by atoms with Crippen molar-refractivity contribution in [1.29, 1.82) is 0 Å². The highest BCUT2D eigenvalue weighted by molar-refractivity contribution is 14.1. The molecule has 0 saturated carbocycles. The first-order chi connectivity index (χ1) is 42.7. The summed E-state index contributed by atoms with van der Waals surface area (Å²) in [4.78, 5) is 47.9. The fraction of sp³-hybridized carbons (Fsp3) is 0.689. The molecular weight excluding hydrogens is 1350 g/mol. The molecule has 4 aliphatic heterocycles. The Morgan fingerprint density at radius 1 is 0.911 bits per heavy atom. The number of benzene rings is 1. The van der Waals surface area contributed by atoms with E-state index < -0.39 is 127 Å². The standard InChI is InChI=1S/C61H89IN4O21S3/c1-15-17-18-19-20-21-38(43-34(22-25-88-90-60(7,8)23-24-63)61(9,74)28-37(68)46(43)65-59(73)79-14)84-58-53(85-40-27-39(75-10)35(29-80-40)64-16-2)48(70)45(31(4)82-58)66-87-41-26-36(67)55(33(6)81-41)89-56(72)42-30(3)44(62)51(54(78-13)50(42)76-11)86-57-49(71)52(77-12)47(69)32(5)83-57/h18-19,22,31-33,35-36,38-41,45,47-49,52-53,55,57-58,64,66-67,69-71,74H,16,23-29,63H2,1-14H3,(H,65,73)/b19-18-,34-22+/t31-,32+,33-,35+,36+,38+,39+,40+,41+,45-,47+,48+,49-,52-,53-,55-,57+,58+,61+/m1/s1. The topological polar surface area (TPSA) is 334 Å². The van der Waals surface area contributed by atoms with Gasteiger partial charge in [0.2, 0.25) is 17.2 Å². The van der Waals surface area contributed by atoms with Crippen molar-refractivity contribution in [1.82, 2.24) is 16.1 Å². The number of hydrogen-bond acceptors (Lipinski definition) is 27. The number of hydrogen-bond donors (Lipinski definition) is 9. The molecule has 504 valence electrons. The Bertz CT molecular complexity index is 2830. The number of carbonyl (C=O) groups excluding carboxylic acids is 3. The van der Waals surface area contributed by atoms with Gasteiger partial charge in [0.25, 0.3) is 0 Å². The summed E-state index contributed by atoms with van der Waals surface area (Å²) in [6.07, 6.45) is -13.0. The maximum Gasteiger partial charge on any atom is 0.411 e. The summed E-state index contributed by atoms with van der Waals surface area (Å²) >= 11 is 2.82. The van der Waals surface area contributed by atoms with Crippen LogP contribution in [0.3, 0.4) is 0 Å². The minimum atomic E-state index is -1.81. The molecule has 1 aliphatic carbocycles. The van der Waals surface area contributed by atoms with Crippen LogP contribution in [0, 0.1) is 34.2 Å². The van der Waals surface area contributed by atoms with Crippen molar-refractivity contribution in [2.24, 2.45) is 5.73 Å². The van der Waals surface area contributed by atoms with Crippen LogP contribution < -0.4 is 36.1 Å². The van der Waals surface area contributed by atoms with E-state index in [-0.39, 0.29) is 76.0 Å². The molecule has 25 nitrogen and oxygen atoms in total. The Morgan fingerprint density at radius 3 is 2.24 bits per heavy atom. The van der Waals surface area contributed by atoms with Crippen molar-refractivity contribution in [3.63, 3.8) is 0 Å². The zero-order chi connectivity index (χ0) is 66.4. The smallest absolute Gasteiger partial charge is 0.411 e. The van der Waals surface area contributed by atoms with E-state index in [4.69, 9.17) is 67.4 Å². The van der Waals surface area contributed by atoms with Gasteiger partial charge in [0.1, 0.15) is 36.6 Å². The van der Waals surface area contributed by atoms with Gasteiger partial charge in [-0.3, -0.25) is 19.7 Å². The molecule has 0 unspecified atom stereocenters. The molecule has 1 aromatic carbocycles. The maximum atomic E-state index is 14.5. The van der Waals surface area contributed by atoms with Crippen LogP contribution in [0.25, 0.3) is 0 Å². The number of halogens is 1. The molecule has 4 saturated heterocycles. The number of allylic oxidation sites excluding steroid dienone is 3. The fourth-order valence-corrected chi connectivity index (χ4v) is 15.2. The number of hydroxylamine groups is 1. The van der Waals surface area contributed by atoms with Crippen molar-refractivity contribution < 1.29 is 102 Å². The average molecular weight is 1440 g/mol. The minimum absolute atomic E-state index is 0.00297. The number of aliphatic hydroxyl groups is 5. The Hall–Kier alpha value is -3.33. The number of ether oxygens (including phenoxy) is 12. The summed E-state index contributed by atoms with van der Waals surface area (Å²) in [7, 11) is 9.90. The SMILES string of the molecule is CC#C/C=C\C#C[C@H](O[C@@H]1O[C@H](C)[C@@H](NO[C@H]2C[C@H](O)[C@H](SC(=O)c3c(C)c(I)c(O[C@@H]4O[C@@H](C)[C@H](O)[C@@H](OC)[C@H]4O)c(OC)c3OC)[C@@H](C)O2)[C@H](O)[C@H]1O[C@H]1C[C@H](OC)[C@@H](NCC)CO1)C1=C(NC(=O)OC)C(=O)C[C@](C)(O)/C1=C/CSSC(C)(C)CCN. The lowest BCUT2D eigenvalue weighted by molar-refractivity contribution is -0.336. The van der Waals surface area contributed by atoms with Crippen LogP contribution in [0.5, 0.6) is 17.2 Å². The molecule has 19 atom stereocenters. The second kappa shape index (κ2) is 34.9. The fourth-order valence-electron chi connectivity index (χ4n) is 11.0. The molecule has 10 N–H and O–H groups in total. The summed E-state index contributed by atoms with van der Waals surface area (Å²) in [5.74, 6) is 11.4. The normalized spacial score (nSPS) is 33.2. The van der Waals surface area contributed by atoms with Gasteiger partial charge in [0.15, 0.2) is 36.2 Å². The number of methoxy groups -OCH3 is 5. The predicted molar refractivity (Wildman–Crippen MR) is 345 cm³/mol. The van der Waals surface area contributed by atoms with Gasteiger partial charge in [-0.15, -0.1) is 5.92 Å². The Labute approximate surface area is 552 Å². The highest BCUT2D eigenvalue weighted by Crippen LogP contribution is 2.49. The van der Waals surface area contributed by atoms with Crippen LogP contribution >= 0.6 is 55.9 Å². The van der Waals surface area contributed by atoms with Crippen LogP contribution in [0.15, 0.2) is 35.1 Å². The van der Waals surface area contributed by atoms with Crippen molar-refractivity contribution >= 4 is 72.9 Å². The number of ketones is 1. The maximum absolute atomic E-state index is 14.5. The summed E-state index contributed by atoms with van der Waals surface area (Å²) in [5, 5.41) is 62.9. The molecule has 0 aromatic heterocycles. The first kappa shape index (κ1) is 75.7. The van der Waals surface area contributed by atoms with Crippen molar-refractivity contribution in [2.45, 2.75) is 208 Å². The van der Waals surface area contributed by atoms with Gasteiger partial charge < -0.3 is 93.4 Å². The van der Waals surface area contributed by atoms with Crippen LogP contribution in [0.2, 0.25) is 0 Å². The summed E-state index contributed by atoms with van der Waals surface area (Å²) in [6.45, 7) is 17.2. The zero-order valence-corrected chi connectivity index (χ0v) is 57.8. The van der Waals surface area contributed by atoms with Gasteiger partial charge in [-0.05, 0) is 121 Å². The van der Waals surface area contributed by atoms with Gasteiger partial charge in [-0.2, -0.15) is 5.48 Å². The summed E-state index contributed by atoms with van der Waals surface area (Å²) < 4.78 is 72.8. The molecule has 4 heterocycles. The molecule has 6 rings (SSSR count). The van der Waals surface area contributed by atoms with Gasteiger partial charge in [-0.1, -0.05) is 64.1 Å². The molecule has 0 bridgehead atoms. The Kier molecular flexibility index (Phi) is 29.3. The second-order valence-corrected chi connectivity index (χ2v) is 28.0. The Morgan fingerprint density at radius 2 is 1.61 bits per heavy atom. The molecule has 1 aromatic rings. The number of rotatable bonds is 25. The molecule has 29 heteroatoms. The van der Waals surface area contributed by atoms with Crippen molar-refractivity contribution in [3.8, 4) is 40.9 Å². The second-order valence-electron chi connectivity index (χ2n) is 22.8. The van der Waals surface area contributed by atoms with E-state index in [1.807, 2.05) is 29.5 Å². The zero-order valence-electron chi connectivity index (χ0n) is 53.2. The highest BCUT2D eigenvalue weighted by Gasteiger charge is 2.52. The molecular formula is C61H89IN4O21S3. The van der Waals surface area contributed by atoms with Gasteiger partial charge in [0.05, 0.1) is 96.2 Å². The number of carbonyl (C=O) groups is 3. The largest absolute Gasteiger partial charge is 0.492 e. The van der Waals surface area contributed by atoms with Gasteiger partial charge in [-0.25, -0.2) is 4.79 Å². The number of nitrogens with two attached hydrogens (primary N) is 1. The van der Waals surface area contributed by atoms with E-state index in [1.54, 1.807) is 58.6 Å². The summed E-state index contributed by atoms with van der Waals surface area (Å²) in [6, 6.07) is -1.30. The van der Waals surface area contributed by atoms with Gasteiger partial charge in [0, 0.05) is 49.6 Å².